The molecule has 2 fully saturated rings. The number of aliphatic carboxylic acids is 1. The molecule has 0 amide bonds. The summed E-state index contributed by atoms with van der Waals surface area (Å²) in [5, 5.41) is 30.1. The summed E-state index contributed by atoms with van der Waals surface area (Å²) in [7, 11) is 0. The zero-order valence-electron chi connectivity index (χ0n) is 11.9. The minimum absolute atomic E-state index is 0.0980. The smallest absolute Gasteiger partial charge is 0.338 e. The predicted octanol–water partition coefficient (Wildman–Crippen LogP) is 1.09. The summed E-state index contributed by atoms with van der Waals surface area (Å²) >= 11 is 0. The number of aliphatic hydroxyl groups is 2. The molecule has 1 spiro atoms. The highest BCUT2D eigenvalue weighted by molar-refractivity contribution is 5.78. The molecule has 3 N–H and O–H groups in total. The monoisotopic (exact) mass is 282 g/mol. The van der Waals surface area contributed by atoms with Gasteiger partial charge in [0.15, 0.2) is 5.60 Å². The molecule has 0 aromatic rings. The SMILES string of the molecule is CC(C)(O)C1=CCC23COC(C2)C(O)(C(=O)O)CCC13. The Morgan fingerprint density at radius 2 is 2.20 bits per heavy atom. The molecular formula is C15H22O5. The lowest BCUT2D eigenvalue weighted by molar-refractivity contribution is -0.175. The van der Waals surface area contributed by atoms with Gasteiger partial charge in [0.25, 0.3) is 0 Å². The van der Waals surface area contributed by atoms with Gasteiger partial charge in [0.2, 0.25) is 0 Å². The van der Waals surface area contributed by atoms with Crippen LogP contribution in [-0.4, -0.2) is 45.2 Å². The van der Waals surface area contributed by atoms with E-state index in [2.05, 4.69) is 6.08 Å². The first-order valence-electron chi connectivity index (χ1n) is 7.19. The van der Waals surface area contributed by atoms with Crippen molar-refractivity contribution in [2.24, 2.45) is 11.3 Å². The fraction of sp³-hybridized carbons (Fsp3) is 0.800. The van der Waals surface area contributed by atoms with E-state index in [4.69, 9.17) is 4.74 Å². The van der Waals surface area contributed by atoms with E-state index in [9.17, 15) is 20.1 Å². The van der Waals surface area contributed by atoms with Gasteiger partial charge in [-0.1, -0.05) is 6.08 Å². The van der Waals surface area contributed by atoms with Gasteiger partial charge in [0, 0.05) is 5.41 Å². The van der Waals surface area contributed by atoms with Crippen LogP contribution in [0.5, 0.6) is 0 Å². The normalized spacial score (nSPS) is 43.9. The fourth-order valence-corrected chi connectivity index (χ4v) is 4.28. The Kier molecular flexibility index (Phi) is 2.85. The van der Waals surface area contributed by atoms with Crippen LogP contribution in [-0.2, 0) is 9.53 Å². The largest absolute Gasteiger partial charge is 0.479 e. The number of rotatable bonds is 2. The Morgan fingerprint density at radius 1 is 1.50 bits per heavy atom. The lowest BCUT2D eigenvalue weighted by Gasteiger charge is -2.35. The van der Waals surface area contributed by atoms with Gasteiger partial charge in [-0.3, -0.25) is 0 Å². The number of carboxylic acid groups (broad SMARTS) is 1. The van der Waals surface area contributed by atoms with Gasteiger partial charge in [0.05, 0.1) is 18.3 Å². The van der Waals surface area contributed by atoms with E-state index in [1.54, 1.807) is 13.8 Å². The number of allylic oxidation sites excluding steroid dienone is 1. The van der Waals surface area contributed by atoms with Crippen molar-refractivity contribution in [2.75, 3.05) is 6.61 Å². The van der Waals surface area contributed by atoms with E-state index in [-0.39, 0.29) is 17.8 Å². The Morgan fingerprint density at radius 3 is 2.80 bits per heavy atom. The van der Waals surface area contributed by atoms with E-state index in [1.165, 1.54) is 0 Å². The quantitative estimate of drug-likeness (QED) is 0.660. The van der Waals surface area contributed by atoms with Crippen molar-refractivity contribution in [3.8, 4) is 0 Å². The molecule has 1 heterocycles. The summed E-state index contributed by atoms with van der Waals surface area (Å²) in [6.45, 7) is 3.99. The maximum absolute atomic E-state index is 11.4. The molecule has 5 heteroatoms. The third-order valence-electron chi connectivity index (χ3n) is 5.43. The van der Waals surface area contributed by atoms with E-state index in [0.29, 0.717) is 19.4 Å². The van der Waals surface area contributed by atoms with Gasteiger partial charge >= 0.3 is 5.97 Å². The molecule has 0 radical (unpaired) electrons. The van der Waals surface area contributed by atoms with Crippen LogP contribution in [0.2, 0.25) is 0 Å². The molecule has 20 heavy (non-hydrogen) atoms. The molecule has 1 saturated heterocycles. The topological polar surface area (TPSA) is 87.0 Å². The third kappa shape index (κ3) is 1.76. The first-order valence-corrected chi connectivity index (χ1v) is 7.19. The Hall–Kier alpha value is -0.910. The van der Waals surface area contributed by atoms with Crippen LogP contribution in [0.15, 0.2) is 11.6 Å². The molecule has 5 nitrogen and oxygen atoms in total. The van der Waals surface area contributed by atoms with Crippen LogP contribution in [0.25, 0.3) is 0 Å². The molecule has 112 valence electrons. The number of hydrogen-bond donors (Lipinski definition) is 3. The molecule has 4 atom stereocenters. The van der Waals surface area contributed by atoms with Crippen molar-refractivity contribution < 1.29 is 24.9 Å². The number of carbonyl (C=O) groups is 1. The Bertz CT molecular complexity index is 477. The molecule has 4 unspecified atom stereocenters. The number of ether oxygens (including phenoxy) is 1. The standard InChI is InChI=1S/C15H22O5/c1-13(2,18)9-3-5-14-7-11(20-8-14)15(19,12(16)17)6-4-10(9)14/h3,10-11,18-19H,4-8H2,1-2H3,(H,16,17). The van der Waals surface area contributed by atoms with Crippen molar-refractivity contribution in [1.29, 1.82) is 0 Å². The summed E-state index contributed by atoms with van der Waals surface area (Å²) in [5.74, 6) is -1.10. The van der Waals surface area contributed by atoms with Crippen LogP contribution in [0.4, 0.5) is 0 Å². The average molecular weight is 282 g/mol. The van der Waals surface area contributed by atoms with Crippen molar-refractivity contribution in [3.63, 3.8) is 0 Å². The molecule has 0 aromatic carbocycles. The highest BCUT2D eigenvalue weighted by Gasteiger charge is 2.61. The van der Waals surface area contributed by atoms with E-state index in [0.717, 1.165) is 12.0 Å². The van der Waals surface area contributed by atoms with Crippen molar-refractivity contribution in [3.05, 3.63) is 11.6 Å². The number of fused-ring (bicyclic) bond motifs is 1. The first kappa shape index (κ1) is 14.0. The van der Waals surface area contributed by atoms with Gasteiger partial charge in [-0.05, 0) is 51.0 Å². The summed E-state index contributed by atoms with van der Waals surface area (Å²) in [5.41, 5.74) is -1.87. The van der Waals surface area contributed by atoms with Gasteiger partial charge in [-0.15, -0.1) is 0 Å². The van der Waals surface area contributed by atoms with E-state index < -0.39 is 23.3 Å². The molecule has 0 aromatic heterocycles. The molecule has 3 rings (SSSR count). The molecular weight excluding hydrogens is 260 g/mol. The lowest BCUT2D eigenvalue weighted by Crippen LogP contribution is -2.49. The molecule has 2 bridgehead atoms. The summed E-state index contributed by atoms with van der Waals surface area (Å²) in [6.07, 6.45) is 3.55. The lowest BCUT2D eigenvalue weighted by atomic mass is 9.71. The number of carboxylic acids is 1. The third-order valence-corrected chi connectivity index (χ3v) is 5.43. The summed E-state index contributed by atoms with van der Waals surface area (Å²) in [4.78, 5) is 11.4. The van der Waals surface area contributed by atoms with Crippen molar-refractivity contribution >= 4 is 5.97 Å². The van der Waals surface area contributed by atoms with Crippen LogP contribution >= 0.6 is 0 Å². The fourth-order valence-electron chi connectivity index (χ4n) is 4.28. The van der Waals surface area contributed by atoms with Gasteiger partial charge in [0.1, 0.15) is 0 Å². The van der Waals surface area contributed by atoms with E-state index in [1.807, 2.05) is 0 Å². The maximum atomic E-state index is 11.4. The average Bonchev–Trinajstić information content (AvgIpc) is 2.88. The zero-order valence-corrected chi connectivity index (χ0v) is 11.9. The zero-order chi connectivity index (χ0) is 14.8. The second kappa shape index (κ2) is 4.06. The molecule has 3 aliphatic rings. The first-order chi connectivity index (χ1) is 9.19. The maximum Gasteiger partial charge on any atom is 0.338 e. The predicted molar refractivity (Wildman–Crippen MR) is 71.1 cm³/mol. The highest BCUT2D eigenvalue weighted by atomic mass is 16.5. The van der Waals surface area contributed by atoms with Gasteiger partial charge in [-0.2, -0.15) is 0 Å². The van der Waals surface area contributed by atoms with Crippen molar-refractivity contribution in [2.45, 2.75) is 56.8 Å². The van der Waals surface area contributed by atoms with Crippen LogP contribution < -0.4 is 0 Å². The van der Waals surface area contributed by atoms with Crippen LogP contribution in [0, 0.1) is 11.3 Å². The van der Waals surface area contributed by atoms with Crippen LogP contribution in [0.1, 0.15) is 39.5 Å². The van der Waals surface area contributed by atoms with E-state index >= 15 is 0 Å². The molecule has 1 aliphatic heterocycles. The summed E-state index contributed by atoms with van der Waals surface area (Å²) in [6, 6.07) is 0. The Labute approximate surface area is 118 Å². The minimum Gasteiger partial charge on any atom is -0.479 e. The Balaban J connectivity index is 1.96. The molecule has 2 aliphatic carbocycles. The van der Waals surface area contributed by atoms with Crippen LogP contribution in [0.3, 0.4) is 0 Å². The summed E-state index contributed by atoms with van der Waals surface area (Å²) < 4.78 is 5.65. The minimum atomic E-state index is -1.79. The number of hydrogen-bond acceptors (Lipinski definition) is 4. The van der Waals surface area contributed by atoms with Gasteiger partial charge < -0.3 is 20.1 Å². The second-order valence-electron chi connectivity index (χ2n) is 7.11. The molecule has 1 saturated carbocycles. The highest BCUT2D eigenvalue weighted by Crippen LogP contribution is 2.58. The second-order valence-corrected chi connectivity index (χ2v) is 7.11. The van der Waals surface area contributed by atoms with Crippen molar-refractivity contribution in [1.82, 2.24) is 0 Å². The van der Waals surface area contributed by atoms with Gasteiger partial charge in [-0.25, -0.2) is 4.79 Å².